The first-order chi connectivity index (χ1) is 13.3. The van der Waals surface area contributed by atoms with Gasteiger partial charge in [0.2, 0.25) is 0 Å². The number of thiazole rings is 2. The van der Waals surface area contributed by atoms with Crippen molar-refractivity contribution in [3.63, 3.8) is 0 Å². The molecule has 0 bridgehead atoms. The van der Waals surface area contributed by atoms with Crippen LogP contribution in [0.3, 0.4) is 0 Å². The van der Waals surface area contributed by atoms with E-state index in [0.29, 0.717) is 13.1 Å². The summed E-state index contributed by atoms with van der Waals surface area (Å²) in [6.45, 7) is 3.05. The molecule has 136 valence electrons. The molecule has 5 rings (SSSR count). The zero-order chi connectivity index (χ0) is 18.2. The van der Waals surface area contributed by atoms with E-state index >= 15 is 0 Å². The van der Waals surface area contributed by atoms with Crippen LogP contribution in [0.25, 0.3) is 21.5 Å². The van der Waals surface area contributed by atoms with E-state index in [4.69, 9.17) is 4.98 Å². The lowest BCUT2D eigenvalue weighted by atomic mass is 10.1. The molecule has 0 N–H and O–H groups in total. The molecule has 1 aliphatic heterocycles. The molecular formula is C19H16N4OS3. The van der Waals surface area contributed by atoms with Crippen molar-refractivity contribution >= 4 is 55.3 Å². The summed E-state index contributed by atoms with van der Waals surface area (Å²) >= 11 is 4.93. The second kappa shape index (κ2) is 7.03. The normalized spacial score (nSPS) is 14.8. The molecule has 0 aliphatic carbocycles. The molecule has 0 atom stereocenters. The summed E-state index contributed by atoms with van der Waals surface area (Å²) in [6.07, 6.45) is 0. The van der Waals surface area contributed by atoms with E-state index in [0.717, 1.165) is 39.7 Å². The highest BCUT2D eigenvalue weighted by molar-refractivity contribution is 7.16. The third-order valence-corrected chi connectivity index (χ3v) is 7.10. The van der Waals surface area contributed by atoms with Gasteiger partial charge in [0.05, 0.1) is 21.4 Å². The van der Waals surface area contributed by atoms with E-state index in [2.05, 4.69) is 32.1 Å². The van der Waals surface area contributed by atoms with Crippen molar-refractivity contribution in [1.29, 1.82) is 0 Å². The Morgan fingerprint density at radius 2 is 1.93 bits per heavy atom. The van der Waals surface area contributed by atoms with Crippen LogP contribution in [0.15, 0.2) is 45.9 Å². The van der Waals surface area contributed by atoms with E-state index in [1.54, 1.807) is 34.0 Å². The molecule has 0 unspecified atom stereocenters. The fraction of sp³-hybridized carbons (Fsp3) is 0.211. The predicted octanol–water partition coefficient (Wildman–Crippen LogP) is 4.44. The second-order valence-corrected chi connectivity index (χ2v) is 8.84. The summed E-state index contributed by atoms with van der Waals surface area (Å²) in [6, 6.07) is 7.86. The molecule has 4 heterocycles. The number of piperazine rings is 1. The van der Waals surface area contributed by atoms with E-state index in [1.165, 1.54) is 5.56 Å². The summed E-state index contributed by atoms with van der Waals surface area (Å²) in [5, 5.41) is 7.34. The number of thiophene rings is 1. The van der Waals surface area contributed by atoms with Crippen molar-refractivity contribution in [2.75, 3.05) is 31.1 Å². The van der Waals surface area contributed by atoms with Gasteiger partial charge in [0, 0.05) is 48.1 Å². The monoisotopic (exact) mass is 412 g/mol. The van der Waals surface area contributed by atoms with Crippen LogP contribution in [0.5, 0.6) is 0 Å². The Balaban J connectivity index is 1.26. The van der Waals surface area contributed by atoms with E-state index in [9.17, 15) is 4.79 Å². The number of hydrogen-bond donors (Lipinski definition) is 0. The highest BCUT2D eigenvalue weighted by atomic mass is 32.1. The molecule has 8 heteroatoms. The molecule has 0 saturated carbocycles. The molecule has 0 radical (unpaired) electrons. The Bertz CT molecular complexity index is 1080. The Labute approximate surface area is 168 Å². The van der Waals surface area contributed by atoms with Crippen LogP contribution in [-0.2, 0) is 0 Å². The maximum atomic E-state index is 12.8. The predicted molar refractivity (Wildman–Crippen MR) is 113 cm³/mol. The third-order valence-electron chi connectivity index (χ3n) is 4.72. The SMILES string of the molecule is O=C(c1ccc2ncsc2c1)N1CCN(c2nc(-c3ccsc3)cs2)CC1. The largest absolute Gasteiger partial charge is 0.345 e. The van der Waals surface area contributed by atoms with Crippen molar-refractivity contribution in [2.45, 2.75) is 0 Å². The summed E-state index contributed by atoms with van der Waals surface area (Å²) < 4.78 is 1.06. The molecule has 27 heavy (non-hydrogen) atoms. The Morgan fingerprint density at radius 1 is 1.04 bits per heavy atom. The minimum atomic E-state index is 0.100. The van der Waals surface area contributed by atoms with Crippen LogP contribution in [0.1, 0.15) is 10.4 Å². The van der Waals surface area contributed by atoms with Crippen molar-refractivity contribution in [3.8, 4) is 11.3 Å². The van der Waals surface area contributed by atoms with Crippen molar-refractivity contribution in [1.82, 2.24) is 14.9 Å². The molecule has 3 aromatic heterocycles. The summed E-state index contributed by atoms with van der Waals surface area (Å²) in [5.41, 5.74) is 5.72. The van der Waals surface area contributed by atoms with Crippen molar-refractivity contribution in [3.05, 3.63) is 51.5 Å². The van der Waals surface area contributed by atoms with Crippen molar-refractivity contribution in [2.24, 2.45) is 0 Å². The number of amides is 1. The van der Waals surface area contributed by atoms with Crippen LogP contribution in [0.2, 0.25) is 0 Å². The van der Waals surface area contributed by atoms with Gasteiger partial charge in [0.1, 0.15) is 0 Å². The number of hydrogen-bond acceptors (Lipinski definition) is 7. The average Bonchev–Trinajstić information content (AvgIpc) is 3.48. The molecule has 1 fully saturated rings. The summed E-state index contributed by atoms with van der Waals surface area (Å²) in [4.78, 5) is 26.1. The number of fused-ring (bicyclic) bond motifs is 1. The number of carbonyl (C=O) groups excluding carboxylic acids is 1. The third kappa shape index (κ3) is 3.24. The first-order valence-electron chi connectivity index (χ1n) is 8.63. The smallest absolute Gasteiger partial charge is 0.254 e. The van der Waals surface area contributed by atoms with Gasteiger partial charge < -0.3 is 9.80 Å². The first-order valence-corrected chi connectivity index (χ1v) is 11.3. The molecule has 1 aliphatic rings. The van der Waals surface area contributed by atoms with Crippen LogP contribution < -0.4 is 4.90 Å². The van der Waals surface area contributed by atoms with E-state index in [1.807, 2.05) is 28.6 Å². The number of nitrogens with zero attached hydrogens (tertiary/aromatic N) is 4. The Kier molecular flexibility index (Phi) is 4.39. The van der Waals surface area contributed by atoms with Gasteiger partial charge in [-0.15, -0.1) is 22.7 Å². The van der Waals surface area contributed by atoms with Crippen LogP contribution >= 0.6 is 34.0 Å². The standard InChI is InChI=1S/C19H16N4OS3/c24-18(13-1-2-15-17(9-13)27-12-20-15)22-4-6-23(7-5-22)19-21-16(11-26-19)14-3-8-25-10-14/h1-3,8-12H,4-7H2. The van der Waals surface area contributed by atoms with Gasteiger partial charge in [0.25, 0.3) is 5.91 Å². The topological polar surface area (TPSA) is 49.3 Å². The van der Waals surface area contributed by atoms with Gasteiger partial charge >= 0.3 is 0 Å². The van der Waals surface area contributed by atoms with Gasteiger partial charge in [-0.05, 0) is 29.6 Å². The lowest BCUT2D eigenvalue weighted by Gasteiger charge is -2.34. The lowest BCUT2D eigenvalue weighted by Crippen LogP contribution is -2.48. The number of carbonyl (C=O) groups is 1. The maximum absolute atomic E-state index is 12.8. The van der Waals surface area contributed by atoms with Gasteiger partial charge in [0.15, 0.2) is 5.13 Å². The highest BCUT2D eigenvalue weighted by Crippen LogP contribution is 2.29. The molecule has 1 saturated heterocycles. The van der Waals surface area contributed by atoms with Crippen molar-refractivity contribution < 1.29 is 4.79 Å². The Hall–Kier alpha value is -2.29. The molecule has 0 spiro atoms. The highest BCUT2D eigenvalue weighted by Gasteiger charge is 2.24. The molecule has 1 amide bonds. The number of anilines is 1. The van der Waals surface area contributed by atoms with Gasteiger partial charge in [-0.25, -0.2) is 9.97 Å². The van der Waals surface area contributed by atoms with Crippen LogP contribution in [-0.4, -0.2) is 47.0 Å². The molecule has 1 aromatic carbocycles. The molecule has 4 aromatic rings. The fourth-order valence-electron chi connectivity index (χ4n) is 3.22. The van der Waals surface area contributed by atoms with Gasteiger partial charge in [-0.3, -0.25) is 4.79 Å². The van der Waals surface area contributed by atoms with Gasteiger partial charge in [-0.1, -0.05) is 0 Å². The number of aromatic nitrogens is 2. The van der Waals surface area contributed by atoms with Crippen LogP contribution in [0.4, 0.5) is 5.13 Å². The number of benzene rings is 1. The molecule has 5 nitrogen and oxygen atoms in total. The average molecular weight is 413 g/mol. The van der Waals surface area contributed by atoms with E-state index < -0.39 is 0 Å². The number of rotatable bonds is 3. The quantitative estimate of drug-likeness (QED) is 0.499. The minimum absolute atomic E-state index is 0.100. The molecular weight excluding hydrogens is 396 g/mol. The Morgan fingerprint density at radius 3 is 2.74 bits per heavy atom. The minimum Gasteiger partial charge on any atom is -0.345 e. The summed E-state index contributed by atoms with van der Waals surface area (Å²) in [5.74, 6) is 0.100. The lowest BCUT2D eigenvalue weighted by molar-refractivity contribution is 0.0747. The summed E-state index contributed by atoms with van der Waals surface area (Å²) in [7, 11) is 0. The van der Waals surface area contributed by atoms with Crippen LogP contribution in [0, 0.1) is 0 Å². The van der Waals surface area contributed by atoms with E-state index in [-0.39, 0.29) is 5.91 Å². The zero-order valence-electron chi connectivity index (χ0n) is 14.4. The first kappa shape index (κ1) is 16.9. The maximum Gasteiger partial charge on any atom is 0.254 e. The second-order valence-electron chi connectivity index (χ2n) is 6.34. The zero-order valence-corrected chi connectivity index (χ0v) is 16.8. The fourth-order valence-corrected chi connectivity index (χ4v) is 5.48. The van der Waals surface area contributed by atoms with Gasteiger partial charge in [-0.2, -0.15) is 11.3 Å².